The van der Waals surface area contributed by atoms with Crippen LogP contribution in [-0.2, 0) is 11.3 Å². The summed E-state index contributed by atoms with van der Waals surface area (Å²) in [5.41, 5.74) is 0.812. The topological polar surface area (TPSA) is 100 Å². The number of hydrogen-bond donors (Lipinski definition) is 3. The van der Waals surface area contributed by atoms with Gasteiger partial charge >= 0.3 is 0 Å². The first-order valence-corrected chi connectivity index (χ1v) is 10.5. The van der Waals surface area contributed by atoms with Crippen LogP contribution in [0.2, 0.25) is 5.02 Å². The molecule has 2 aromatic rings. The van der Waals surface area contributed by atoms with Crippen molar-refractivity contribution < 1.29 is 4.79 Å². The van der Waals surface area contributed by atoms with Crippen LogP contribution in [0.15, 0.2) is 31.2 Å². The highest BCUT2D eigenvalue weighted by molar-refractivity contribution is 6.32. The molecule has 3 rings (SSSR count). The Morgan fingerprint density at radius 2 is 2.17 bits per heavy atom. The fourth-order valence-electron chi connectivity index (χ4n) is 3.42. The Bertz CT molecular complexity index is 868. The summed E-state index contributed by atoms with van der Waals surface area (Å²) in [6.45, 7) is 5.22. The molecule has 162 valence electrons. The lowest BCUT2D eigenvalue weighted by Crippen LogP contribution is -2.41. The normalized spacial score (nSPS) is 18.8. The molecule has 0 aliphatic heterocycles. The monoisotopic (exact) mass is 432 g/mol. The Morgan fingerprint density at radius 1 is 1.37 bits per heavy atom. The van der Waals surface area contributed by atoms with Crippen molar-refractivity contribution in [1.82, 2.24) is 30.0 Å². The summed E-state index contributed by atoms with van der Waals surface area (Å²) in [5, 5.41) is 14.4. The summed E-state index contributed by atoms with van der Waals surface area (Å²) in [7, 11) is 4.06. The fraction of sp³-hybridized carbons (Fsp3) is 0.500. The smallest absolute Gasteiger partial charge is 0.243 e. The first kappa shape index (κ1) is 22.0. The van der Waals surface area contributed by atoms with Gasteiger partial charge in [0.1, 0.15) is 5.02 Å². The Kier molecular flexibility index (Phi) is 7.64. The molecule has 0 aromatic carbocycles. The van der Waals surface area contributed by atoms with Gasteiger partial charge in [-0.3, -0.25) is 9.48 Å². The minimum atomic E-state index is -0.140. The fourth-order valence-corrected chi connectivity index (χ4v) is 3.56. The van der Waals surface area contributed by atoms with Crippen molar-refractivity contribution in [2.45, 2.75) is 44.3 Å². The van der Waals surface area contributed by atoms with Crippen molar-refractivity contribution in [3.63, 3.8) is 0 Å². The molecule has 1 aliphatic rings. The van der Waals surface area contributed by atoms with Crippen LogP contribution in [0, 0.1) is 0 Å². The average Bonchev–Trinajstić information content (AvgIpc) is 3.16. The zero-order chi connectivity index (χ0) is 21.5. The van der Waals surface area contributed by atoms with Gasteiger partial charge in [0.05, 0.1) is 24.6 Å². The minimum Gasteiger partial charge on any atom is -0.366 e. The van der Waals surface area contributed by atoms with Crippen LogP contribution >= 0.6 is 11.6 Å². The summed E-state index contributed by atoms with van der Waals surface area (Å²) in [5.74, 6) is 0.884. The van der Waals surface area contributed by atoms with E-state index in [1.807, 2.05) is 25.0 Å². The van der Waals surface area contributed by atoms with Gasteiger partial charge in [0.25, 0.3) is 0 Å². The van der Waals surface area contributed by atoms with Crippen molar-refractivity contribution in [1.29, 1.82) is 0 Å². The van der Waals surface area contributed by atoms with Gasteiger partial charge in [-0.1, -0.05) is 18.2 Å². The van der Waals surface area contributed by atoms with E-state index in [0.29, 0.717) is 16.8 Å². The van der Waals surface area contributed by atoms with E-state index in [9.17, 15) is 4.79 Å². The van der Waals surface area contributed by atoms with Crippen LogP contribution in [0.3, 0.4) is 0 Å². The average molecular weight is 433 g/mol. The van der Waals surface area contributed by atoms with Crippen molar-refractivity contribution in [3.05, 3.63) is 36.3 Å². The maximum absolute atomic E-state index is 11.6. The Labute approximate surface area is 181 Å². The van der Waals surface area contributed by atoms with Gasteiger partial charge in [-0.2, -0.15) is 10.1 Å². The predicted octanol–water partition coefficient (Wildman–Crippen LogP) is 2.66. The van der Waals surface area contributed by atoms with Crippen LogP contribution in [0.4, 0.5) is 17.5 Å². The molecule has 1 saturated carbocycles. The summed E-state index contributed by atoms with van der Waals surface area (Å²) < 4.78 is 1.87. The molecule has 0 bridgehead atoms. The number of amides is 1. The van der Waals surface area contributed by atoms with Crippen LogP contribution in [0.1, 0.15) is 25.7 Å². The minimum absolute atomic E-state index is 0.118. The Balaban J connectivity index is 1.61. The third-order valence-corrected chi connectivity index (χ3v) is 5.23. The Hall–Kier alpha value is -2.65. The molecule has 2 aromatic heterocycles. The summed E-state index contributed by atoms with van der Waals surface area (Å²) in [6.07, 6.45) is 10.3. The van der Waals surface area contributed by atoms with Gasteiger partial charge < -0.3 is 20.9 Å². The number of nitrogens with zero attached hydrogens (tertiary/aromatic N) is 5. The van der Waals surface area contributed by atoms with Crippen LogP contribution in [-0.4, -0.2) is 63.3 Å². The molecule has 1 amide bonds. The van der Waals surface area contributed by atoms with E-state index in [1.54, 1.807) is 12.4 Å². The summed E-state index contributed by atoms with van der Waals surface area (Å²) >= 11 is 6.32. The lowest BCUT2D eigenvalue weighted by molar-refractivity contribution is -0.117. The highest BCUT2D eigenvalue weighted by atomic mass is 35.5. The predicted molar refractivity (Wildman–Crippen MR) is 119 cm³/mol. The molecule has 9 nitrogen and oxygen atoms in total. The van der Waals surface area contributed by atoms with Gasteiger partial charge in [-0.25, -0.2) is 4.98 Å². The number of rotatable bonds is 9. The van der Waals surface area contributed by atoms with Crippen molar-refractivity contribution in [2.24, 2.45) is 0 Å². The van der Waals surface area contributed by atoms with E-state index in [0.717, 1.165) is 44.5 Å². The van der Waals surface area contributed by atoms with E-state index >= 15 is 0 Å². The standard InChI is InChI=1S/C20H29ClN8O/c1-4-18(30)24-14-6-5-7-15(10-14)25-19-17(21)12-22-20(27-19)26-16-11-23-29(13-16)9-8-28(2)3/h4,11-15H,1,5-10H2,2-3H3,(H,24,30)(H2,22,25,26,27). The molecule has 10 heteroatoms. The van der Waals surface area contributed by atoms with Gasteiger partial charge in [0.2, 0.25) is 11.9 Å². The first-order valence-electron chi connectivity index (χ1n) is 10.1. The van der Waals surface area contributed by atoms with Gasteiger partial charge in [0.15, 0.2) is 5.82 Å². The van der Waals surface area contributed by atoms with Gasteiger partial charge in [-0.15, -0.1) is 0 Å². The Morgan fingerprint density at radius 3 is 2.93 bits per heavy atom. The molecule has 0 spiro atoms. The van der Waals surface area contributed by atoms with Gasteiger partial charge in [-0.05, 0) is 45.9 Å². The van der Waals surface area contributed by atoms with Crippen molar-refractivity contribution in [3.8, 4) is 0 Å². The summed E-state index contributed by atoms with van der Waals surface area (Å²) in [6, 6.07) is 0.288. The largest absolute Gasteiger partial charge is 0.366 e. The highest BCUT2D eigenvalue weighted by Crippen LogP contribution is 2.26. The number of carbonyl (C=O) groups is 1. The molecule has 1 fully saturated rings. The van der Waals surface area contributed by atoms with Crippen LogP contribution in [0.5, 0.6) is 0 Å². The van der Waals surface area contributed by atoms with E-state index < -0.39 is 0 Å². The van der Waals surface area contributed by atoms with E-state index in [4.69, 9.17) is 11.6 Å². The number of anilines is 3. The number of carbonyl (C=O) groups excluding carboxylic acids is 1. The maximum atomic E-state index is 11.6. The number of halogens is 1. The lowest BCUT2D eigenvalue weighted by atomic mass is 9.91. The van der Waals surface area contributed by atoms with Crippen LogP contribution in [0.25, 0.3) is 0 Å². The maximum Gasteiger partial charge on any atom is 0.243 e. The second-order valence-electron chi connectivity index (χ2n) is 7.73. The molecule has 0 radical (unpaired) electrons. The third kappa shape index (κ3) is 6.43. The molecular formula is C20H29ClN8O. The number of nitrogens with one attached hydrogen (secondary N) is 3. The second kappa shape index (κ2) is 10.4. The number of likely N-dealkylation sites (N-methyl/N-ethyl adjacent to an activating group) is 1. The van der Waals surface area contributed by atoms with E-state index in [2.05, 4.69) is 42.5 Å². The van der Waals surface area contributed by atoms with E-state index in [-0.39, 0.29) is 18.0 Å². The SMILES string of the molecule is C=CC(=O)NC1CCCC(Nc2nc(Nc3cnn(CCN(C)C)c3)ncc2Cl)C1. The molecule has 30 heavy (non-hydrogen) atoms. The number of aromatic nitrogens is 4. The molecule has 3 N–H and O–H groups in total. The highest BCUT2D eigenvalue weighted by Gasteiger charge is 2.23. The molecule has 2 unspecified atom stereocenters. The summed E-state index contributed by atoms with van der Waals surface area (Å²) in [4.78, 5) is 22.5. The van der Waals surface area contributed by atoms with Gasteiger partial charge in [0, 0.05) is 24.8 Å². The van der Waals surface area contributed by atoms with Crippen molar-refractivity contribution >= 4 is 35.0 Å². The quantitative estimate of drug-likeness (QED) is 0.524. The molecule has 2 heterocycles. The van der Waals surface area contributed by atoms with Crippen LogP contribution < -0.4 is 16.0 Å². The molecule has 1 aliphatic carbocycles. The zero-order valence-corrected chi connectivity index (χ0v) is 18.2. The second-order valence-corrected chi connectivity index (χ2v) is 8.14. The third-order valence-electron chi connectivity index (χ3n) is 4.96. The number of hydrogen-bond acceptors (Lipinski definition) is 7. The molecule has 0 saturated heterocycles. The first-order chi connectivity index (χ1) is 14.4. The van der Waals surface area contributed by atoms with E-state index in [1.165, 1.54) is 6.08 Å². The molecular weight excluding hydrogens is 404 g/mol. The lowest BCUT2D eigenvalue weighted by Gasteiger charge is -2.30. The van der Waals surface area contributed by atoms with Crippen molar-refractivity contribution in [2.75, 3.05) is 31.3 Å². The molecule has 2 atom stereocenters. The zero-order valence-electron chi connectivity index (χ0n) is 17.4.